The molecule has 2 amide bonds. The van der Waals surface area contributed by atoms with E-state index in [1.165, 1.54) is 16.7 Å². The van der Waals surface area contributed by atoms with E-state index in [-0.39, 0.29) is 5.91 Å². The van der Waals surface area contributed by atoms with Crippen molar-refractivity contribution in [1.29, 1.82) is 0 Å². The van der Waals surface area contributed by atoms with Crippen molar-refractivity contribution in [1.82, 2.24) is 4.90 Å². The van der Waals surface area contributed by atoms with Gasteiger partial charge in [-0.15, -0.1) is 0 Å². The highest BCUT2D eigenvalue weighted by atomic mass is 16.2. The highest BCUT2D eigenvalue weighted by molar-refractivity contribution is 6.05. The molecule has 0 fully saturated rings. The third kappa shape index (κ3) is 4.52. The fourth-order valence-electron chi connectivity index (χ4n) is 3.66. The first-order valence-corrected chi connectivity index (χ1v) is 9.68. The van der Waals surface area contributed by atoms with Crippen molar-refractivity contribution >= 4 is 17.5 Å². The molecule has 1 aliphatic rings. The Morgan fingerprint density at radius 1 is 0.897 bits per heavy atom. The van der Waals surface area contributed by atoms with Gasteiger partial charge in [0.2, 0.25) is 5.91 Å². The van der Waals surface area contributed by atoms with Gasteiger partial charge in [0.25, 0.3) is 5.91 Å². The van der Waals surface area contributed by atoms with Gasteiger partial charge in [0.05, 0.1) is 0 Å². The number of nitrogens with zero attached hydrogens (tertiary/aromatic N) is 1. The number of hydrogen-bond donors (Lipinski definition) is 2. The number of hydrogen-bond acceptors (Lipinski definition) is 3. The number of anilines is 1. The average molecular weight is 385 g/mol. The molecule has 0 saturated heterocycles. The van der Waals surface area contributed by atoms with E-state index in [9.17, 15) is 9.59 Å². The number of rotatable bonds is 5. The van der Waals surface area contributed by atoms with E-state index < -0.39 is 5.91 Å². The highest BCUT2D eigenvalue weighted by Crippen LogP contribution is 2.20. The van der Waals surface area contributed by atoms with Crippen LogP contribution in [0.1, 0.15) is 37.4 Å². The van der Waals surface area contributed by atoms with Gasteiger partial charge in [-0.2, -0.15) is 0 Å². The van der Waals surface area contributed by atoms with Gasteiger partial charge in [0.15, 0.2) is 0 Å². The summed E-state index contributed by atoms with van der Waals surface area (Å²) in [6.45, 7) is 2.85. The summed E-state index contributed by atoms with van der Waals surface area (Å²) in [7, 11) is 0. The van der Waals surface area contributed by atoms with Gasteiger partial charge in [-0.1, -0.05) is 42.5 Å². The molecule has 0 atom stereocenters. The van der Waals surface area contributed by atoms with Crippen molar-refractivity contribution in [2.45, 2.75) is 19.5 Å². The Balaban J connectivity index is 1.38. The number of nitrogens with two attached hydrogens (primary N) is 1. The number of fused-ring (bicyclic) bond motifs is 1. The van der Waals surface area contributed by atoms with Gasteiger partial charge in [-0.25, -0.2) is 0 Å². The Morgan fingerprint density at radius 3 is 2.41 bits per heavy atom. The molecule has 1 aliphatic heterocycles. The summed E-state index contributed by atoms with van der Waals surface area (Å²) < 4.78 is 0. The Bertz CT molecular complexity index is 1040. The second-order valence-corrected chi connectivity index (χ2v) is 7.33. The monoisotopic (exact) mass is 385 g/mol. The number of nitrogens with one attached hydrogen (secondary N) is 1. The van der Waals surface area contributed by atoms with E-state index in [4.69, 9.17) is 5.73 Å². The standard InChI is InChI=1S/C24H23N3O2/c25-23(28)20-6-3-7-22(14-20)26-24(29)19-10-8-17(9-11-19)15-27-13-12-18-4-1-2-5-21(18)16-27/h1-11,14H,12-13,15-16H2,(H2,25,28)(H,26,29). The largest absolute Gasteiger partial charge is 0.366 e. The van der Waals surface area contributed by atoms with Gasteiger partial charge < -0.3 is 11.1 Å². The molecule has 3 N–H and O–H groups in total. The van der Waals surface area contributed by atoms with Gasteiger partial charge >= 0.3 is 0 Å². The van der Waals surface area contributed by atoms with Gasteiger partial charge in [-0.3, -0.25) is 14.5 Å². The van der Waals surface area contributed by atoms with Crippen molar-refractivity contribution in [3.05, 3.63) is 101 Å². The van der Waals surface area contributed by atoms with Gasteiger partial charge in [-0.05, 0) is 53.4 Å². The van der Waals surface area contributed by atoms with Gasteiger partial charge in [0, 0.05) is 36.4 Å². The lowest BCUT2D eigenvalue weighted by Crippen LogP contribution is -2.29. The van der Waals surface area contributed by atoms with E-state index in [1.54, 1.807) is 24.3 Å². The molecule has 0 unspecified atom stereocenters. The summed E-state index contributed by atoms with van der Waals surface area (Å²) in [5.41, 5.74) is 10.8. The van der Waals surface area contributed by atoms with E-state index in [0.29, 0.717) is 16.8 Å². The lowest BCUT2D eigenvalue weighted by atomic mass is 9.99. The number of carbonyl (C=O) groups excluding carboxylic acids is 2. The Hall–Kier alpha value is -3.44. The normalized spacial score (nSPS) is 13.5. The lowest BCUT2D eigenvalue weighted by molar-refractivity contribution is 0.0996. The zero-order valence-corrected chi connectivity index (χ0v) is 16.1. The lowest BCUT2D eigenvalue weighted by Gasteiger charge is -2.28. The summed E-state index contributed by atoms with van der Waals surface area (Å²) in [4.78, 5) is 26.2. The molecule has 5 heteroatoms. The molecule has 0 radical (unpaired) electrons. The van der Waals surface area contributed by atoms with E-state index >= 15 is 0 Å². The molecule has 1 heterocycles. The fraction of sp³-hybridized carbons (Fsp3) is 0.167. The molecule has 0 aliphatic carbocycles. The van der Waals surface area contributed by atoms with Crippen LogP contribution in [0.2, 0.25) is 0 Å². The minimum absolute atomic E-state index is 0.218. The van der Waals surface area contributed by atoms with Crippen molar-refractivity contribution in [3.8, 4) is 0 Å². The first kappa shape index (κ1) is 18.9. The van der Waals surface area contributed by atoms with Crippen LogP contribution in [0, 0.1) is 0 Å². The Kier molecular flexibility index (Phi) is 5.40. The van der Waals surface area contributed by atoms with E-state index in [1.807, 2.05) is 24.3 Å². The molecule has 0 saturated carbocycles. The second-order valence-electron chi connectivity index (χ2n) is 7.33. The van der Waals surface area contributed by atoms with Crippen LogP contribution >= 0.6 is 0 Å². The summed E-state index contributed by atoms with van der Waals surface area (Å²) in [5, 5.41) is 2.81. The summed E-state index contributed by atoms with van der Waals surface area (Å²) >= 11 is 0. The minimum atomic E-state index is -0.522. The molecule has 29 heavy (non-hydrogen) atoms. The van der Waals surface area contributed by atoms with Crippen molar-refractivity contribution in [2.75, 3.05) is 11.9 Å². The zero-order chi connectivity index (χ0) is 20.2. The second kappa shape index (κ2) is 8.29. The molecule has 5 nitrogen and oxygen atoms in total. The molecular formula is C24H23N3O2. The van der Waals surface area contributed by atoms with Crippen LogP contribution in [0.3, 0.4) is 0 Å². The molecule has 3 aromatic carbocycles. The van der Waals surface area contributed by atoms with Crippen LogP contribution in [-0.2, 0) is 19.5 Å². The third-order valence-electron chi connectivity index (χ3n) is 5.24. The van der Waals surface area contributed by atoms with Gasteiger partial charge in [0.1, 0.15) is 0 Å². The molecule has 146 valence electrons. The number of benzene rings is 3. The number of amides is 2. The molecular weight excluding hydrogens is 362 g/mol. The maximum Gasteiger partial charge on any atom is 0.255 e. The summed E-state index contributed by atoms with van der Waals surface area (Å²) in [6.07, 6.45) is 1.07. The first-order chi connectivity index (χ1) is 14.1. The fourth-order valence-corrected chi connectivity index (χ4v) is 3.66. The van der Waals surface area contributed by atoms with Crippen LogP contribution in [0.5, 0.6) is 0 Å². The van der Waals surface area contributed by atoms with Crippen molar-refractivity contribution < 1.29 is 9.59 Å². The smallest absolute Gasteiger partial charge is 0.255 e. The Labute approximate surface area is 170 Å². The maximum absolute atomic E-state index is 12.5. The minimum Gasteiger partial charge on any atom is -0.366 e. The quantitative estimate of drug-likeness (QED) is 0.705. The van der Waals surface area contributed by atoms with Crippen LogP contribution in [0.4, 0.5) is 5.69 Å². The number of primary amides is 1. The first-order valence-electron chi connectivity index (χ1n) is 9.68. The summed E-state index contributed by atoms with van der Waals surface area (Å²) in [5.74, 6) is -0.740. The predicted octanol–water partition coefficient (Wildman–Crippen LogP) is 3.60. The topological polar surface area (TPSA) is 75.4 Å². The Morgan fingerprint density at radius 2 is 1.66 bits per heavy atom. The van der Waals surface area contributed by atoms with Crippen LogP contribution in [-0.4, -0.2) is 23.3 Å². The van der Waals surface area contributed by atoms with E-state index in [2.05, 4.69) is 34.5 Å². The van der Waals surface area contributed by atoms with Crippen LogP contribution in [0.25, 0.3) is 0 Å². The average Bonchev–Trinajstić information content (AvgIpc) is 2.74. The maximum atomic E-state index is 12.5. The number of carbonyl (C=O) groups is 2. The van der Waals surface area contributed by atoms with Crippen LogP contribution < -0.4 is 11.1 Å². The molecule has 3 aromatic rings. The third-order valence-corrected chi connectivity index (χ3v) is 5.24. The van der Waals surface area contributed by atoms with E-state index in [0.717, 1.165) is 26.1 Å². The van der Waals surface area contributed by atoms with Crippen LogP contribution in [0.15, 0.2) is 72.8 Å². The molecule has 0 bridgehead atoms. The molecule has 0 spiro atoms. The summed E-state index contributed by atoms with van der Waals surface area (Å²) in [6, 6.07) is 22.9. The van der Waals surface area contributed by atoms with Crippen molar-refractivity contribution in [3.63, 3.8) is 0 Å². The zero-order valence-electron chi connectivity index (χ0n) is 16.1. The molecule has 4 rings (SSSR count). The highest BCUT2D eigenvalue weighted by Gasteiger charge is 2.16. The predicted molar refractivity (Wildman–Crippen MR) is 114 cm³/mol. The molecule has 0 aromatic heterocycles. The SMILES string of the molecule is NC(=O)c1cccc(NC(=O)c2ccc(CN3CCc4ccccc4C3)cc2)c1. The van der Waals surface area contributed by atoms with Crippen molar-refractivity contribution in [2.24, 2.45) is 5.73 Å².